The number of alkyl halides is 1. The Hall–Kier alpha value is -2.38. The third kappa shape index (κ3) is 2.49. The average Bonchev–Trinajstić information content (AvgIpc) is 2.88. The van der Waals surface area contributed by atoms with E-state index in [1.165, 1.54) is 0 Å². The Morgan fingerprint density at radius 1 is 1.25 bits per heavy atom. The van der Waals surface area contributed by atoms with Crippen molar-refractivity contribution < 1.29 is 0 Å². The molecule has 20 heavy (non-hydrogen) atoms. The molecular weight excluding hydrogens is 272 g/mol. The first-order valence-corrected chi connectivity index (χ1v) is 6.70. The number of nitrogens with zero attached hydrogens (tertiary/aromatic N) is 3. The van der Waals surface area contributed by atoms with Crippen molar-refractivity contribution in [3.63, 3.8) is 0 Å². The quantitative estimate of drug-likeness (QED) is 0.751. The monoisotopic (exact) mass is 282 g/mol. The molecule has 0 aliphatic rings. The number of halogens is 1. The highest BCUT2D eigenvalue weighted by Crippen LogP contribution is 2.15. The SMILES string of the molecule is N#Cc1ccc2nc(Cc3cc(CCl)ccn3)[nH]c2c1. The number of hydrogen-bond donors (Lipinski definition) is 1. The molecule has 3 aromatic rings. The van der Waals surface area contributed by atoms with E-state index in [0.717, 1.165) is 28.1 Å². The predicted molar refractivity (Wildman–Crippen MR) is 77.4 cm³/mol. The summed E-state index contributed by atoms with van der Waals surface area (Å²) in [5.74, 6) is 1.30. The fourth-order valence-electron chi connectivity index (χ4n) is 2.10. The smallest absolute Gasteiger partial charge is 0.113 e. The van der Waals surface area contributed by atoms with Gasteiger partial charge in [0.1, 0.15) is 5.82 Å². The summed E-state index contributed by atoms with van der Waals surface area (Å²) in [4.78, 5) is 12.0. The molecule has 1 aromatic carbocycles. The number of imidazole rings is 1. The second-order valence-electron chi connectivity index (χ2n) is 4.49. The van der Waals surface area contributed by atoms with Gasteiger partial charge in [0, 0.05) is 24.2 Å². The van der Waals surface area contributed by atoms with Crippen molar-refractivity contribution in [3.8, 4) is 6.07 Å². The van der Waals surface area contributed by atoms with Crippen molar-refractivity contribution in [2.45, 2.75) is 12.3 Å². The zero-order valence-electron chi connectivity index (χ0n) is 10.6. The third-order valence-electron chi connectivity index (χ3n) is 3.04. The van der Waals surface area contributed by atoms with Crippen LogP contribution in [-0.4, -0.2) is 15.0 Å². The highest BCUT2D eigenvalue weighted by atomic mass is 35.5. The Morgan fingerprint density at radius 3 is 2.95 bits per heavy atom. The summed E-state index contributed by atoms with van der Waals surface area (Å²) in [5.41, 5.74) is 4.30. The van der Waals surface area contributed by atoms with Gasteiger partial charge in [-0.1, -0.05) is 0 Å². The minimum absolute atomic E-state index is 0.473. The van der Waals surface area contributed by atoms with Gasteiger partial charge in [-0.3, -0.25) is 4.98 Å². The van der Waals surface area contributed by atoms with E-state index in [1.807, 2.05) is 18.2 Å². The number of nitriles is 1. The van der Waals surface area contributed by atoms with Crippen molar-refractivity contribution in [1.29, 1.82) is 5.26 Å². The molecular formula is C15H11ClN4. The molecule has 0 saturated heterocycles. The molecule has 3 rings (SSSR count). The standard InChI is InChI=1S/C15H11ClN4/c16-8-10-3-4-18-12(5-10)7-15-19-13-2-1-11(9-17)6-14(13)20-15/h1-6H,7-8H2,(H,19,20). The molecule has 0 spiro atoms. The average molecular weight is 283 g/mol. The minimum atomic E-state index is 0.473. The van der Waals surface area contributed by atoms with E-state index in [1.54, 1.807) is 18.3 Å². The molecule has 98 valence electrons. The largest absolute Gasteiger partial charge is 0.342 e. The lowest BCUT2D eigenvalue weighted by atomic mass is 10.2. The second kappa shape index (κ2) is 5.32. The fourth-order valence-corrected chi connectivity index (χ4v) is 2.26. The summed E-state index contributed by atoms with van der Waals surface area (Å²) in [6.07, 6.45) is 2.37. The molecule has 0 saturated carbocycles. The van der Waals surface area contributed by atoms with E-state index in [0.29, 0.717) is 17.9 Å². The van der Waals surface area contributed by atoms with Gasteiger partial charge in [0.05, 0.1) is 22.7 Å². The summed E-state index contributed by atoms with van der Waals surface area (Å²) in [5, 5.41) is 8.89. The fraction of sp³-hybridized carbons (Fsp3) is 0.133. The van der Waals surface area contributed by atoms with Crippen molar-refractivity contribution >= 4 is 22.6 Å². The number of rotatable bonds is 3. The van der Waals surface area contributed by atoms with Crippen LogP contribution in [0.25, 0.3) is 11.0 Å². The van der Waals surface area contributed by atoms with Crippen LogP contribution >= 0.6 is 11.6 Å². The van der Waals surface area contributed by atoms with Crippen molar-refractivity contribution in [1.82, 2.24) is 15.0 Å². The molecule has 0 amide bonds. The maximum atomic E-state index is 8.89. The molecule has 0 fully saturated rings. The topological polar surface area (TPSA) is 65.4 Å². The van der Waals surface area contributed by atoms with E-state index in [-0.39, 0.29) is 0 Å². The van der Waals surface area contributed by atoms with Gasteiger partial charge in [-0.05, 0) is 35.9 Å². The summed E-state index contributed by atoms with van der Waals surface area (Å²) in [7, 11) is 0. The lowest BCUT2D eigenvalue weighted by molar-refractivity contribution is 0.979. The van der Waals surface area contributed by atoms with E-state index >= 15 is 0 Å². The maximum Gasteiger partial charge on any atom is 0.113 e. The number of benzene rings is 1. The van der Waals surface area contributed by atoms with Gasteiger partial charge in [-0.2, -0.15) is 5.26 Å². The Balaban J connectivity index is 1.92. The van der Waals surface area contributed by atoms with E-state index in [2.05, 4.69) is 21.0 Å². The van der Waals surface area contributed by atoms with Gasteiger partial charge in [0.15, 0.2) is 0 Å². The molecule has 5 heteroatoms. The van der Waals surface area contributed by atoms with Crippen molar-refractivity contribution in [2.75, 3.05) is 0 Å². The molecule has 0 aliphatic carbocycles. The first kappa shape index (κ1) is 12.6. The van der Waals surface area contributed by atoms with Gasteiger partial charge in [-0.25, -0.2) is 4.98 Å². The van der Waals surface area contributed by atoms with Crippen molar-refractivity contribution in [3.05, 3.63) is 59.2 Å². The Labute approximate surface area is 121 Å². The van der Waals surface area contributed by atoms with Gasteiger partial charge >= 0.3 is 0 Å². The molecule has 1 N–H and O–H groups in total. The number of aromatic amines is 1. The molecule has 0 bridgehead atoms. The number of hydrogen-bond acceptors (Lipinski definition) is 3. The number of nitrogens with one attached hydrogen (secondary N) is 1. The summed E-state index contributed by atoms with van der Waals surface area (Å²) in [6, 6.07) is 11.4. The molecule has 0 radical (unpaired) electrons. The van der Waals surface area contributed by atoms with Crippen LogP contribution < -0.4 is 0 Å². The van der Waals surface area contributed by atoms with Crippen molar-refractivity contribution in [2.24, 2.45) is 0 Å². The van der Waals surface area contributed by atoms with Crippen LogP contribution in [0.1, 0.15) is 22.6 Å². The Bertz CT molecular complexity index is 801. The number of fused-ring (bicyclic) bond motifs is 1. The van der Waals surface area contributed by atoms with Gasteiger partial charge in [-0.15, -0.1) is 11.6 Å². The lowest BCUT2D eigenvalue weighted by Crippen LogP contribution is -1.95. The molecule has 0 aliphatic heterocycles. The molecule has 0 unspecified atom stereocenters. The highest BCUT2D eigenvalue weighted by Gasteiger charge is 2.06. The molecule has 4 nitrogen and oxygen atoms in total. The summed E-state index contributed by atoms with van der Waals surface area (Å²) < 4.78 is 0. The van der Waals surface area contributed by atoms with Crippen LogP contribution in [-0.2, 0) is 12.3 Å². The van der Waals surface area contributed by atoms with Crippen LogP contribution in [0.4, 0.5) is 0 Å². The molecule has 0 atom stereocenters. The van der Waals surface area contributed by atoms with E-state index in [9.17, 15) is 0 Å². The normalized spacial score (nSPS) is 10.6. The van der Waals surface area contributed by atoms with Crippen LogP contribution in [0, 0.1) is 11.3 Å². The first-order valence-electron chi connectivity index (χ1n) is 6.17. The zero-order chi connectivity index (χ0) is 13.9. The van der Waals surface area contributed by atoms with E-state index < -0.39 is 0 Å². The van der Waals surface area contributed by atoms with Gasteiger partial charge in [0.2, 0.25) is 0 Å². The second-order valence-corrected chi connectivity index (χ2v) is 4.76. The Kier molecular flexibility index (Phi) is 3.36. The minimum Gasteiger partial charge on any atom is -0.342 e. The number of aromatic nitrogens is 3. The third-order valence-corrected chi connectivity index (χ3v) is 3.35. The molecule has 2 heterocycles. The maximum absolute atomic E-state index is 8.89. The van der Waals surface area contributed by atoms with Crippen LogP contribution in [0.2, 0.25) is 0 Å². The Morgan fingerprint density at radius 2 is 2.15 bits per heavy atom. The van der Waals surface area contributed by atoms with E-state index in [4.69, 9.17) is 16.9 Å². The predicted octanol–water partition coefficient (Wildman–Crippen LogP) is 3.16. The van der Waals surface area contributed by atoms with Crippen LogP contribution in [0.3, 0.4) is 0 Å². The van der Waals surface area contributed by atoms with Crippen LogP contribution in [0.15, 0.2) is 36.5 Å². The molecule has 2 aromatic heterocycles. The van der Waals surface area contributed by atoms with Gasteiger partial charge in [0.25, 0.3) is 0 Å². The summed E-state index contributed by atoms with van der Waals surface area (Å²) in [6.45, 7) is 0. The van der Waals surface area contributed by atoms with Gasteiger partial charge < -0.3 is 4.98 Å². The zero-order valence-corrected chi connectivity index (χ0v) is 11.4. The lowest BCUT2D eigenvalue weighted by Gasteiger charge is -1.99. The summed E-state index contributed by atoms with van der Waals surface area (Å²) >= 11 is 5.82. The number of H-pyrrole nitrogens is 1. The van der Waals surface area contributed by atoms with Crippen LogP contribution in [0.5, 0.6) is 0 Å². The first-order chi connectivity index (χ1) is 9.78. The highest BCUT2D eigenvalue weighted by molar-refractivity contribution is 6.17. The number of pyridine rings is 1.